The number of hydrogen-bond acceptors (Lipinski definition) is 2. The van der Waals surface area contributed by atoms with Crippen LogP contribution in [0.2, 0.25) is 10.0 Å². The van der Waals surface area contributed by atoms with Crippen LogP contribution in [0.1, 0.15) is 11.1 Å². The molecule has 0 heterocycles. The van der Waals surface area contributed by atoms with Crippen LogP contribution in [-0.4, -0.2) is 5.24 Å². The van der Waals surface area contributed by atoms with Crippen LogP contribution in [0.5, 0.6) is 5.75 Å². The molecule has 0 aliphatic rings. The van der Waals surface area contributed by atoms with E-state index in [1.165, 1.54) is 6.08 Å². The summed E-state index contributed by atoms with van der Waals surface area (Å²) in [5, 5.41) is 0.623. The van der Waals surface area contributed by atoms with E-state index in [-0.39, 0.29) is 0 Å². The third-order valence-corrected chi connectivity index (χ3v) is 4.09. The molecule has 0 aliphatic heterocycles. The van der Waals surface area contributed by atoms with Crippen LogP contribution in [0, 0.1) is 0 Å². The van der Waals surface area contributed by atoms with Crippen LogP contribution in [0.4, 0.5) is 0 Å². The van der Waals surface area contributed by atoms with E-state index in [9.17, 15) is 4.79 Å². The highest BCUT2D eigenvalue weighted by molar-refractivity contribution is 9.10. The molecule has 0 saturated heterocycles. The number of rotatable bonds is 5. The van der Waals surface area contributed by atoms with Crippen molar-refractivity contribution in [2.75, 3.05) is 0 Å². The van der Waals surface area contributed by atoms with Gasteiger partial charge >= 0.3 is 0 Å². The van der Waals surface area contributed by atoms with Gasteiger partial charge in [0.2, 0.25) is 5.24 Å². The number of allylic oxidation sites excluding steroid dienone is 1. The van der Waals surface area contributed by atoms with E-state index >= 15 is 0 Å². The molecule has 0 fully saturated rings. The van der Waals surface area contributed by atoms with Gasteiger partial charge < -0.3 is 4.74 Å². The third kappa shape index (κ3) is 5.03. The Hall–Kier alpha value is -1.000. The van der Waals surface area contributed by atoms with Crippen molar-refractivity contribution in [1.82, 2.24) is 0 Å². The average molecular weight is 421 g/mol. The van der Waals surface area contributed by atoms with Crippen LogP contribution in [0.15, 0.2) is 46.9 Å². The lowest BCUT2D eigenvalue weighted by atomic mass is 10.2. The van der Waals surface area contributed by atoms with Crippen molar-refractivity contribution in [2.24, 2.45) is 0 Å². The van der Waals surface area contributed by atoms with E-state index in [4.69, 9.17) is 39.5 Å². The summed E-state index contributed by atoms with van der Waals surface area (Å²) in [6, 6.07) is 10.7. The Balaban J connectivity index is 2.08. The molecule has 0 atom stereocenters. The summed E-state index contributed by atoms with van der Waals surface area (Å²) < 4.78 is 6.50. The molecular weight excluding hydrogens is 410 g/mol. The number of carbonyl (C=O) groups is 1. The standard InChI is InChI=1S/C16H10BrCl3O2/c17-13-7-10(2-6-16(20)21)1-5-15(13)22-9-11-3-4-12(18)8-14(11)19/h1-8H,9H2/b6-2+. The van der Waals surface area contributed by atoms with Gasteiger partial charge in [0.25, 0.3) is 0 Å². The minimum atomic E-state index is -0.520. The Morgan fingerprint density at radius 2 is 1.95 bits per heavy atom. The van der Waals surface area contributed by atoms with E-state index in [0.29, 0.717) is 22.4 Å². The molecule has 2 rings (SSSR count). The van der Waals surface area contributed by atoms with Gasteiger partial charge in [0.15, 0.2) is 0 Å². The summed E-state index contributed by atoms with van der Waals surface area (Å²) >= 11 is 20.6. The molecule has 0 saturated carbocycles. The first kappa shape index (κ1) is 17.4. The third-order valence-electron chi connectivity index (χ3n) is 2.76. The maximum Gasteiger partial charge on any atom is 0.245 e. The fourth-order valence-electron chi connectivity index (χ4n) is 1.69. The van der Waals surface area contributed by atoms with Crippen LogP contribution < -0.4 is 4.74 Å². The number of hydrogen-bond donors (Lipinski definition) is 0. The van der Waals surface area contributed by atoms with Crippen molar-refractivity contribution in [3.63, 3.8) is 0 Å². The summed E-state index contributed by atoms with van der Waals surface area (Å²) in [6.07, 6.45) is 2.91. The van der Waals surface area contributed by atoms with Gasteiger partial charge in [-0.3, -0.25) is 4.79 Å². The molecule has 114 valence electrons. The van der Waals surface area contributed by atoms with Crippen molar-refractivity contribution < 1.29 is 9.53 Å². The second-order valence-electron chi connectivity index (χ2n) is 4.35. The fraction of sp³-hybridized carbons (Fsp3) is 0.0625. The van der Waals surface area contributed by atoms with Gasteiger partial charge in [-0.1, -0.05) is 41.4 Å². The molecule has 0 radical (unpaired) electrons. The van der Waals surface area contributed by atoms with Crippen molar-refractivity contribution in [2.45, 2.75) is 6.61 Å². The molecule has 6 heteroatoms. The van der Waals surface area contributed by atoms with E-state index < -0.39 is 5.24 Å². The number of carbonyl (C=O) groups excluding carboxylic acids is 1. The predicted molar refractivity (Wildman–Crippen MR) is 94.8 cm³/mol. The lowest BCUT2D eigenvalue weighted by molar-refractivity contribution is -0.107. The van der Waals surface area contributed by atoms with E-state index in [0.717, 1.165) is 15.6 Å². The van der Waals surface area contributed by atoms with Crippen LogP contribution in [0.3, 0.4) is 0 Å². The topological polar surface area (TPSA) is 26.3 Å². The van der Waals surface area contributed by atoms with Gasteiger partial charge in [-0.15, -0.1) is 0 Å². The van der Waals surface area contributed by atoms with Crippen LogP contribution in [-0.2, 0) is 11.4 Å². The molecule has 22 heavy (non-hydrogen) atoms. The smallest absolute Gasteiger partial charge is 0.245 e. The Morgan fingerprint density at radius 1 is 1.18 bits per heavy atom. The number of benzene rings is 2. The van der Waals surface area contributed by atoms with Crippen molar-refractivity contribution in [3.05, 3.63) is 68.1 Å². The van der Waals surface area contributed by atoms with E-state index in [2.05, 4.69) is 15.9 Å². The first-order chi connectivity index (χ1) is 10.5. The Labute approximate surface area is 151 Å². The second-order valence-corrected chi connectivity index (χ2v) is 6.42. The predicted octanol–water partition coefficient (Wildman–Crippen LogP) is 6.11. The highest BCUT2D eigenvalue weighted by Crippen LogP contribution is 2.29. The zero-order chi connectivity index (χ0) is 16.1. The van der Waals surface area contributed by atoms with Gasteiger partial charge in [0, 0.05) is 15.6 Å². The zero-order valence-corrected chi connectivity index (χ0v) is 15.0. The summed E-state index contributed by atoms with van der Waals surface area (Å²) in [5.74, 6) is 0.667. The highest BCUT2D eigenvalue weighted by Gasteiger charge is 2.05. The molecule has 2 aromatic rings. The number of halogens is 4. The summed E-state index contributed by atoms with van der Waals surface area (Å²) in [7, 11) is 0. The average Bonchev–Trinajstić information content (AvgIpc) is 2.45. The summed E-state index contributed by atoms with van der Waals surface area (Å²) in [6.45, 7) is 0.323. The fourth-order valence-corrected chi connectivity index (χ4v) is 2.73. The van der Waals surface area contributed by atoms with Crippen molar-refractivity contribution in [1.29, 1.82) is 0 Å². The van der Waals surface area contributed by atoms with Gasteiger partial charge in [0.1, 0.15) is 12.4 Å². The normalized spacial score (nSPS) is 10.9. The Morgan fingerprint density at radius 3 is 2.59 bits per heavy atom. The first-order valence-electron chi connectivity index (χ1n) is 6.19. The minimum Gasteiger partial charge on any atom is -0.488 e. The van der Waals surface area contributed by atoms with E-state index in [1.54, 1.807) is 24.3 Å². The molecule has 0 unspecified atom stereocenters. The van der Waals surface area contributed by atoms with E-state index in [1.807, 2.05) is 18.2 Å². The maximum atomic E-state index is 10.7. The summed E-state index contributed by atoms with van der Waals surface area (Å²) in [4.78, 5) is 10.7. The molecule has 0 N–H and O–H groups in total. The second kappa shape index (κ2) is 8.02. The minimum absolute atomic E-state index is 0.323. The molecule has 0 aromatic heterocycles. The molecule has 0 aliphatic carbocycles. The maximum absolute atomic E-state index is 10.7. The molecule has 0 amide bonds. The quantitative estimate of drug-likeness (QED) is 0.431. The molecule has 2 aromatic carbocycles. The van der Waals surface area contributed by atoms with Gasteiger partial charge in [0.05, 0.1) is 4.47 Å². The van der Waals surface area contributed by atoms with Crippen molar-refractivity contribution >= 4 is 62.1 Å². The Kier molecular flexibility index (Phi) is 6.33. The van der Waals surface area contributed by atoms with Crippen LogP contribution >= 0.6 is 50.7 Å². The highest BCUT2D eigenvalue weighted by atomic mass is 79.9. The monoisotopic (exact) mass is 418 g/mol. The molecule has 0 spiro atoms. The zero-order valence-electron chi connectivity index (χ0n) is 11.2. The summed E-state index contributed by atoms with van der Waals surface area (Å²) in [5.41, 5.74) is 1.67. The number of ether oxygens (including phenoxy) is 1. The molecule has 0 bridgehead atoms. The molecule has 2 nitrogen and oxygen atoms in total. The van der Waals surface area contributed by atoms with Gasteiger partial charge in [-0.05, 0) is 63.4 Å². The largest absolute Gasteiger partial charge is 0.488 e. The first-order valence-corrected chi connectivity index (χ1v) is 8.12. The van der Waals surface area contributed by atoms with Crippen molar-refractivity contribution in [3.8, 4) is 5.75 Å². The lowest BCUT2D eigenvalue weighted by Gasteiger charge is -2.10. The Bertz CT molecular complexity index is 729. The SMILES string of the molecule is O=C(Cl)/C=C/c1ccc(OCc2ccc(Cl)cc2Cl)c(Br)c1. The lowest BCUT2D eigenvalue weighted by Crippen LogP contribution is -1.97. The van der Waals surface area contributed by atoms with Gasteiger partial charge in [-0.2, -0.15) is 0 Å². The molecular formula is C16H10BrCl3O2. The van der Waals surface area contributed by atoms with Gasteiger partial charge in [-0.25, -0.2) is 0 Å². The van der Waals surface area contributed by atoms with Crippen LogP contribution in [0.25, 0.3) is 6.08 Å².